The first kappa shape index (κ1) is 18.5. The Bertz CT molecular complexity index is 881. The fourth-order valence-corrected chi connectivity index (χ4v) is 2.75. The van der Waals surface area contributed by atoms with E-state index in [0.29, 0.717) is 30.5 Å². The van der Waals surface area contributed by atoms with Gasteiger partial charge in [-0.15, -0.1) is 0 Å². The van der Waals surface area contributed by atoms with Crippen LogP contribution in [0.25, 0.3) is 0 Å². The predicted molar refractivity (Wildman–Crippen MR) is 93.0 cm³/mol. The zero-order valence-corrected chi connectivity index (χ0v) is 14.7. The lowest BCUT2D eigenvalue weighted by Gasteiger charge is -2.22. The molecule has 1 amide bonds. The Labute approximate surface area is 154 Å². The van der Waals surface area contributed by atoms with Crippen LogP contribution in [-0.4, -0.2) is 37.3 Å². The molecule has 0 aromatic heterocycles. The van der Waals surface area contributed by atoms with E-state index in [1.807, 2.05) is 0 Å². The van der Waals surface area contributed by atoms with Crippen LogP contribution in [0.1, 0.15) is 27.5 Å². The number of carbonyl (C=O) groups is 2. The third-order valence-electron chi connectivity index (χ3n) is 4.13. The van der Waals surface area contributed by atoms with Crippen molar-refractivity contribution in [2.75, 3.05) is 20.3 Å². The summed E-state index contributed by atoms with van der Waals surface area (Å²) in [5, 5.41) is 11.9. The topological polar surface area (TPSA) is 94.1 Å². The fraction of sp³-hybridized carbons (Fsp3) is 0.263. The molecule has 142 valence electrons. The number of rotatable bonds is 5. The van der Waals surface area contributed by atoms with Crippen LogP contribution in [-0.2, 0) is 4.79 Å². The Balaban J connectivity index is 1.90. The number of amides is 1. The average molecular weight is 375 g/mol. The molecular formula is C19H18FNO6. The van der Waals surface area contributed by atoms with E-state index in [0.717, 1.165) is 0 Å². The quantitative estimate of drug-likeness (QED) is 0.834. The van der Waals surface area contributed by atoms with Crippen LogP contribution >= 0.6 is 0 Å². The molecule has 2 N–H and O–H groups in total. The maximum Gasteiger partial charge on any atom is 0.330 e. The normalized spacial score (nSPS) is 13.6. The van der Waals surface area contributed by atoms with Crippen LogP contribution in [0.5, 0.6) is 17.2 Å². The number of hydrogen-bond donors (Lipinski definition) is 2. The lowest BCUT2D eigenvalue weighted by atomic mass is 10.0. The number of aliphatic carboxylic acids is 1. The van der Waals surface area contributed by atoms with E-state index in [9.17, 15) is 19.1 Å². The highest BCUT2D eigenvalue weighted by atomic mass is 19.1. The molecule has 0 bridgehead atoms. The van der Waals surface area contributed by atoms with Crippen molar-refractivity contribution in [2.45, 2.75) is 13.0 Å². The van der Waals surface area contributed by atoms with Gasteiger partial charge in [0.15, 0.2) is 17.5 Å². The molecule has 0 spiro atoms. The lowest BCUT2D eigenvalue weighted by molar-refractivity contribution is -0.139. The summed E-state index contributed by atoms with van der Waals surface area (Å²) in [7, 11) is 1.43. The number of carboxylic acids is 1. The first-order chi connectivity index (χ1) is 12.9. The van der Waals surface area contributed by atoms with Gasteiger partial charge in [-0.3, -0.25) is 4.79 Å². The molecule has 1 atom stereocenters. The van der Waals surface area contributed by atoms with E-state index >= 15 is 0 Å². The number of benzene rings is 2. The van der Waals surface area contributed by atoms with Gasteiger partial charge >= 0.3 is 5.97 Å². The number of ether oxygens (including phenoxy) is 3. The zero-order valence-electron chi connectivity index (χ0n) is 14.7. The highest BCUT2D eigenvalue weighted by molar-refractivity contribution is 5.98. The summed E-state index contributed by atoms with van der Waals surface area (Å²) in [5.41, 5.74) is 0.703. The molecule has 0 radical (unpaired) electrons. The van der Waals surface area contributed by atoms with Gasteiger partial charge in [-0.25, -0.2) is 9.18 Å². The molecule has 27 heavy (non-hydrogen) atoms. The van der Waals surface area contributed by atoms with Gasteiger partial charge in [0.25, 0.3) is 5.91 Å². The number of carbonyl (C=O) groups excluding carboxylic acids is 1. The Morgan fingerprint density at radius 2 is 1.96 bits per heavy atom. The number of fused-ring (bicyclic) bond motifs is 1. The first-order valence-corrected chi connectivity index (χ1v) is 8.18. The van der Waals surface area contributed by atoms with Crippen molar-refractivity contribution in [3.63, 3.8) is 0 Å². The first-order valence-electron chi connectivity index (χ1n) is 8.18. The number of nitrogens with one attached hydrogen (secondary N) is 1. The minimum Gasteiger partial charge on any atom is -0.493 e. The van der Waals surface area contributed by atoms with Crippen LogP contribution in [0.15, 0.2) is 30.3 Å². The van der Waals surface area contributed by atoms with Gasteiger partial charge in [0.1, 0.15) is 19.0 Å². The Morgan fingerprint density at radius 1 is 1.22 bits per heavy atom. The second-order valence-electron chi connectivity index (χ2n) is 5.96. The molecular weight excluding hydrogens is 357 g/mol. The number of hydrogen-bond acceptors (Lipinski definition) is 5. The summed E-state index contributed by atoms with van der Waals surface area (Å²) in [6.45, 7) is 2.21. The SMILES string of the molecule is COc1cc(C(=O)NC(C(=O)O)c2ccc(F)c(C)c2)cc2c1OCCO2. The molecule has 8 heteroatoms. The highest BCUT2D eigenvalue weighted by Gasteiger charge is 2.26. The molecule has 1 aliphatic rings. The van der Waals surface area contributed by atoms with Crippen molar-refractivity contribution in [1.82, 2.24) is 5.32 Å². The van der Waals surface area contributed by atoms with Crippen LogP contribution in [0, 0.1) is 12.7 Å². The van der Waals surface area contributed by atoms with Crippen molar-refractivity contribution < 1.29 is 33.3 Å². The number of carboxylic acid groups (broad SMARTS) is 1. The number of aryl methyl sites for hydroxylation is 1. The van der Waals surface area contributed by atoms with Crippen molar-refractivity contribution in [1.29, 1.82) is 0 Å². The summed E-state index contributed by atoms with van der Waals surface area (Å²) >= 11 is 0. The number of methoxy groups -OCH3 is 1. The van der Waals surface area contributed by atoms with E-state index in [1.165, 1.54) is 44.4 Å². The Hall–Kier alpha value is -3.29. The van der Waals surface area contributed by atoms with Gasteiger partial charge in [0, 0.05) is 5.56 Å². The van der Waals surface area contributed by atoms with Crippen LogP contribution < -0.4 is 19.5 Å². The predicted octanol–water partition coefficient (Wildman–Crippen LogP) is 2.47. The molecule has 0 saturated carbocycles. The van der Waals surface area contributed by atoms with E-state index in [-0.39, 0.29) is 16.7 Å². The summed E-state index contributed by atoms with van der Waals surface area (Å²) < 4.78 is 29.6. The molecule has 3 rings (SSSR count). The lowest BCUT2D eigenvalue weighted by Crippen LogP contribution is -2.34. The zero-order chi connectivity index (χ0) is 19.6. The molecule has 0 aliphatic carbocycles. The molecule has 7 nitrogen and oxygen atoms in total. The molecule has 1 unspecified atom stereocenters. The average Bonchev–Trinajstić information content (AvgIpc) is 2.67. The minimum absolute atomic E-state index is 0.154. The van der Waals surface area contributed by atoms with E-state index in [1.54, 1.807) is 0 Å². The maximum atomic E-state index is 13.5. The highest BCUT2D eigenvalue weighted by Crippen LogP contribution is 2.40. The van der Waals surface area contributed by atoms with E-state index in [4.69, 9.17) is 14.2 Å². The maximum absolute atomic E-state index is 13.5. The number of halogens is 1. The van der Waals surface area contributed by atoms with Crippen LogP contribution in [0.3, 0.4) is 0 Å². The molecule has 2 aromatic carbocycles. The van der Waals surface area contributed by atoms with Gasteiger partial charge in [-0.2, -0.15) is 0 Å². The van der Waals surface area contributed by atoms with E-state index in [2.05, 4.69) is 5.32 Å². The summed E-state index contributed by atoms with van der Waals surface area (Å²) in [6, 6.07) is 5.44. The van der Waals surface area contributed by atoms with Crippen molar-refractivity contribution in [2.24, 2.45) is 0 Å². The van der Waals surface area contributed by atoms with Crippen molar-refractivity contribution in [3.05, 3.63) is 52.8 Å². The molecule has 2 aromatic rings. The Kier molecular flexibility index (Phi) is 5.16. The summed E-state index contributed by atoms with van der Waals surface area (Å²) in [5.74, 6) is -1.31. The monoisotopic (exact) mass is 375 g/mol. The summed E-state index contributed by atoms with van der Waals surface area (Å²) in [6.07, 6.45) is 0. The van der Waals surface area contributed by atoms with Gasteiger partial charge in [0.2, 0.25) is 5.75 Å². The second-order valence-corrected chi connectivity index (χ2v) is 5.96. The molecule has 1 aliphatic heterocycles. The molecule has 0 fully saturated rings. The van der Waals surface area contributed by atoms with Gasteiger partial charge in [-0.1, -0.05) is 12.1 Å². The van der Waals surface area contributed by atoms with Crippen molar-refractivity contribution in [3.8, 4) is 17.2 Å². The largest absolute Gasteiger partial charge is 0.493 e. The van der Waals surface area contributed by atoms with Crippen molar-refractivity contribution >= 4 is 11.9 Å². The molecule has 0 saturated heterocycles. The third-order valence-corrected chi connectivity index (χ3v) is 4.13. The van der Waals surface area contributed by atoms with Gasteiger partial charge in [-0.05, 0) is 36.2 Å². The second kappa shape index (κ2) is 7.53. The standard InChI is InChI=1S/C19H18FNO6/c1-10-7-11(3-4-13(10)20)16(19(23)24)21-18(22)12-8-14(25-2)17-15(9-12)26-5-6-27-17/h3-4,7-9,16H,5-6H2,1-2H3,(H,21,22)(H,23,24). The summed E-state index contributed by atoms with van der Waals surface area (Å²) in [4.78, 5) is 24.3. The minimum atomic E-state index is -1.34. The molecule has 1 heterocycles. The smallest absolute Gasteiger partial charge is 0.330 e. The van der Waals surface area contributed by atoms with Crippen LogP contribution in [0.4, 0.5) is 4.39 Å². The fourth-order valence-electron chi connectivity index (χ4n) is 2.75. The van der Waals surface area contributed by atoms with Crippen LogP contribution in [0.2, 0.25) is 0 Å². The van der Waals surface area contributed by atoms with Gasteiger partial charge in [0.05, 0.1) is 7.11 Å². The Morgan fingerprint density at radius 3 is 2.63 bits per heavy atom. The van der Waals surface area contributed by atoms with E-state index < -0.39 is 23.7 Å². The van der Waals surface area contributed by atoms with Gasteiger partial charge < -0.3 is 24.6 Å². The third kappa shape index (κ3) is 3.79.